The van der Waals surface area contributed by atoms with Crippen LogP contribution >= 0.6 is 0 Å². The van der Waals surface area contributed by atoms with Crippen LogP contribution in [-0.4, -0.2) is 34.7 Å². The number of hydrogen-bond acceptors (Lipinski definition) is 3. The number of nitrogens with one attached hydrogen (secondary N) is 1. The van der Waals surface area contributed by atoms with E-state index in [0.29, 0.717) is 19.5 Å². The van der Waals surface area contributed by atoms with Gasteiger partial charge in [-0.3, -0.25) is 4.79 Å². The summed E-state index contributed by atoms with van der Waals surface area (Å²) in [5.74, 6) is 0.0658. The molecular formula is C16H21N3O2. The minimum atomic E-state index is -0.114. The molecule has 1 aliphatic carbocycles. The van der Waals surface area contributed by atoms with Gasteiger partial charge in [0.15, 0.2) is 0 Å². The summed E-state index contributed by atoms with van der Waals surface area (Å²) in [6.45, 7) is 1.26. The molecular weight excluding hydrogens is 266 g/mol. The molecule has 21 heavy (non-hydrogen) atoms. The number of para-hydroxylation sites is 2. The summed E-state index contributed by atoms with van der Waals surface area (Å²) in [6, 6.07) is 7.95. The molecule has 3 rings (SSSR count). The number of nitrogens with zero attached hydrogens (tertiary/aromatic N) is 2. The Hall–Kier alpha value is -1.88. The van der Waals surface area contributed by atoms with Crippen molar-refractivity contribution in [3.05, 3.63) is 30.6 Å². The summed E-state index contributed by atoms with van der Waals surface area (Å²) in [7, 11) is 1.73. The number of aryl methyl sites for hydroxylation is 1. The van der Waals surface area contributed by atoms with Crippen molar-refractivity contribution >= 4 is 16.9 Å². The van der Waals surface area contributed by atoms with Gasteiger partial charge in [-0.15, -0.1) is 0 Å². The Balaban J connectivity index is 1.52. The lowest BCUT2D eigenvalue weighted by atomic mass is 9.80. The van der Waals surface area contributed by atoms with Crippen LogP contribution in [0.2, 0.25) is 0 Å². The molecule has 1 heterocycles. The minimum absolute atomic E-state index is 0.0658. The zero-order valence-corrected chi connectivity index (χ0v) is 12.3. The van der Waals surface area contributed by atoms with Crippen LogP contribution in [0.15, 0.2) is 30.6 Å². The molecule has 112 valence electrons. The number of imidazole rings is 1. The standard InChI is InChI=1S/C16H21N3O2/c1-21-16(8-4-9-16)11-17-15(20)7-10-19-12-18-13-5-2-3-6-14(13)19/h2-3,5-6,12H,4,7-11H2,1H3,(H,17,20). The molecule has 1 saturated carbocycles. The molecule has 5 heteroatoms. The van der Waals surface area contributed by atoms with Crippen molar-refractivity contribution in [3.8, 4) is 0 Å². The third-order valence-corrected chi connectivity index (χ3v) is 4.41. The maximum absolute atomic E-state index is 12.0. The third kappa shape index (κ3) is 2.93. The van der Waals surface area contributed by atoms with Crippen LogP contribution in [-0.2, 0) is 16.1 Å². The molecule has 1 N–H and O–H groups in total. The zero-order valence-electron chi connectivity index (χ0n) is 12.3. The van der Waals surface area contributed by atoms with E-state index in [-0.39, 0.29) is 11.5 Å². The first-order valence-electron chi connectivity index (χ1n) is 7.44. The molecule has 5 nitrogen and oxygen atoms in total. The monoisotopic (exact) mass is 287 g/mol. The Kier molecular flexibility index (Phi) is 3.92. The summed E-state index contributed by atoms with van der Waals surface area (Å²) in [5.41, 5.74) is 1.92. The highest BCUT2D eigenvalue weighted by atomic mass is 16.5. The van der Waals surface area contributed by atoms with Gasteiger partial charge in [-0.05, 0) is 31.4 Å². The van der Waals surface area contributed by atoms with E-state index in [2.05, 4.69) is 10.3 Å². The van der Waals surface area contributed by atoms with E-state index in [1.165, 1.54) is 6.42 Å². The number of methoxy groups -OCH3 is 1. The average molecular weight is 287 g/mol. The predicted molar refractivity (Wildman–Crippen MR) is 81.0 cm³/mol. The molecule has 0 saturated heterocycles. The minimum Gasteiger partial charge on any atom is -0.376 e. The van der Waals surface area contributed by atoms with E-state index < -0.39 is 0 Å². The van der Waals surface area contributed by atoms with E-state index in [1.807, 2.05) is 28.8 Å². The van der Waals surface area contributed by atoms with Crippen LogP contribution in [0.4, 0.5) is 0 Å². The molecule has 0 atom stereocenters. The van der Waals surface area contributed by atoms with E-state index in [4.69, 9.17) is 4.74 Å². The lowest BCUT2D eigenvalue weighted by molar-refractivity contribution is -0.125. The van der Waals surface area contributed by atoms with Gasteiger partial charge in [0.1, 0.15) is 0 Å². The van der Waals surface area contributed by atoms with Gasteiger partial charge in [0, 0.05) is 26.6 Å². The summed E-state index contributed by atoms with van der Waals surface area (Å²) in [5, 5.41) is 2.99. The van der Waals surface area contributed by atoms with Gasteiger partial charge in [0.25, 0.3) is 0 Å². The van der Waals surface area contributed by atoms with Crippen LogP contribution in [0.3, 0.4) is 0 Å². The van der Waals surface area contributed by atoms with E-state index in [1.54, 1.807) is 13.4 Å². The van der Waals surface area contributed by atoms with E-state index in [0.717, 1.165) is 23.9 Å². The van der Waals surface area contributed by atoms with Crippen LogP contribution in [0.25, 0.3) is 11.0 Å². The topological polar surface area (TPSA) is 56.1 Å². The first kappa shape index (κ1) is 14.1. The Labute approximate surface area is 124 Å². The van der Waals surface area contributed by atoms with Gasteiger partial charge in [0.05, 0.1) is 23.0 Å². The number of ether oxygens (including phenoxy) is 1. The normalized spacial score (nSPS) is 16.6. The number of rotatable bonds is 6. The molecule has 0 bridgehead atoms. The third-order valence-electron chi connectivity index (χ3n) is 4.41. The van der Waals surface area contributed by atoms with Gasteiger partial charge >= 0.3 is 0 Å². The highest BCUT2D eigenvalue weighted by Gasteiger charge is 2.37. The SMILES string of the molecule is COC1(CNC(=O)CCn2cnc3ccccc32)CCC1. The summed E-state index contributed by atoms with van der Waals surface area (Å²) >= 11 is 0. The van der Waals surface area contributed by atoms with Gasteiger partial charge in [0.2, 0.25) is 5.91 Å². The Morgan fingerprint density at radius 2 is 2.24 bits per heavy atom. The number of hydrogen-bond donors (Lipinski definition) is 1. The number of carbonyl (C=O) groups is 1. The van der Waals surface area contributed by atoms with E-state index >= 15 is 0 Å². The predicted octanol–water partition coefficient (Wildman–Crippen LogP) is 2.11. The fourth-order valence-electron chi connectivity index (χ4n) is 2.78. The molecule has 1 fully saturated rings. The van der Waals surface area contributed by atoms with Gasteiger partial charge in [-0.2, -0.15) is 0 Å². The van der Waals surface area contributed by atoms with Crippen molar-refractivity contribution in [2.24, 2.45) is 0 Å². The Bertz CT molecular complexity index is 626. The second-order valence-electron chi connectivity index (χ2n) is 5.69. The summed E-state index contributed by atoms with van der Waals surface area (Å²) < 4.78 is 7.52. The van der Waals surface area contributed by atoms with Crippen LogP contribution in [0.5, 0.6) is 0 Å². The first-order valence-corrected chi connectivity index (χ1v) is 7.44. The molecule has 0 spiro atoms. The van der Waals surface area contributed by atoms with Crippen molar-refractivity contribution in [1.29, 1.82) is 0 Å². The lowest BCUT2D eigenvalue weighted by Gasteiger charge is -2.40. The van der Waals surface area contributed by atoms with Crippen molar-refractivity contribution in [2.45, 2.75) is 37.8 Å². The second kappa shape index (κ2) is 5.85. The number of benzene rings is 1. The quantitative estimate of drug-likeness (QED) is 0.885. The molecule has 0 aliphatic heterocycles. The number of fused-ring (bicyclic) bond motifs is 1. The fourth-order valence-corrected chi connectivity index (χ4v) is 2.78. The number of carbonyl (C=O) groups excluding carboxylic acids is 1. The van der Waals surface area contributed by atoms with Crippen molar-refractivity contribution in [3.63, 3.8) is 0 Å². The number of aromatic nitrogens is 2. The van der Waals surface area contributed by atoms with Gasteiger partial charge in [-0.1, -0.05) is 12.1 Å². The Morgan fingerprint density at radius 3 is 2.95 bits per heavy atom. The van der Waals surface area contributed by atoms with Crippen LogP contribution < -0.4 is 5.32 Å². The van der Waals surface area contributed by atoms with Gasteiger partial charge in [-0.25, -0.2) is 4.98 Å². The second-order valence-corrected chi connectivity index (χ2v) is 5.69. The fraction of sp³-hybridized carbons (Fsp3) is 0.500. The molecule has 0 radical (unpaired) electrons. The van der Waals surface area contributed by atoms with Crippen molar-refractivity contribution < 1.29 is 9.53 Å². The maximum Gasteiger partial charge on any atom is 0.221 e. The molecule has 1 aromatic heterocycles. The molecule has 1 aliphatic rings. The van der Waals surface area contributed by atoms with Gasteiger partial charge < -0.3 is 14.6 Å². The Morgan fingerprint density at radius 1 is 1.43 bits per heavy atom. The highest BCUT2D eigenvalue weighted by molar-refractivity contribution is 5.77. The number of amides is 1. The zero-order chi connectivity index (χ0) is 14.7. The first-order chi connectivity index (χ1) is 10.2. The van der Waals surface area contributed by atoms with Crippen molar-refractivity contribution in [2.75, 3.05) is 13.7 Å². The smallest absolute Gasteiger partial charge is 0.221 e. The molecule has 1 amide bonds. The largest absolute Gasteiger partial charge is 0.376 e. The summed E-state index contributed by atoms with van der Waals surface area (Å²) in [4.78, 5) is 16.3. The summed E-state index contributed by atoms with van der Waals surface area (Å²) in [6.07, 6.45) is 5.51. The van der Waals surface area contributed by atoms with Crippen LogP contribution in [0.1, 0.15) is 25.7 Å². The van der Waals surface area contributed by atoms with Crippen LogP contribution in [0, 0.1) is 0 Å². The lowest BCUT2D eigenvalue weighted by Crippen LogP contribution is -2.49. The van der Waals surface area contributed by atoms with E-state index in [9.17, 15) is 4.79 Å². The molecule has 1 aromatic carbocycles. The average Bonchev–Trinajstić information content (AvgIpc) is 2.88. The highest BCUT2D eigenvalue weighted by Crippen LogP contribution is 2.34. The molecule has 2 aromatic rings. The van der Waals surface area contributed by atoms with Crippen molar-refractivity contribution in [1.82, 2.24) is 14.9 Å². The molecule has 0 unspecified atom stereocenters. The maximum atomic E-state index is 12.0.